The Morgan fingerprint density at radius 3 is 2.00 bits per heavy atom. The topological polar surface area (TPSA) is 17.1 Å². The Balaban J connectivity index is 0. The van der Waals surface area contributed by atoms with Crippen LogP contribution in [0.2, 0.25) is 0 Å². The molecule has 0 saturated carbocycles. The third-order valence-corrected chi connectivity index (χ3v) is 0.189. The van der Waals surface area contributed by atoms with E-state index < -0.39 is 0 Å². The van der Waals surface area contributed by atoms with Crippen molar-refractivity contribution in [2.24, 2.45) is 0 Å². The van der Waals surface area contributed by atoms with Gasteiger partial charge >= 0.3 is 0 Å². The van der Waals surface area contributed by atoms with E-state index in [0.717, 1.165) is 0 Å². The maximum Gasteiger partial charge on any atom is 0.134 e. The van der Waals surface area contributed by atoms with Crippen LogP contribution in [-0.4, -0.2) is 12.2 Å². The Bertz CT molecular complexity index is 21.6. The number of hydrogen-bond acceptors (Lipinski definition) is 1. The Labute approximate surface area is 41.7 Å². The number of hydrogen-bond donors (Lipinski definition) is 0. The van der Waals surface area contributed by atoms with Gasteiger partial charge in [0.15, 0.2) is 0 Å². The van der Waals surface area contributed by atoms with Gasteiger partial charge in [0.1, 0.15) is 6.29 Å². The van der Waals surface area contributed by atoms with Gasteiger partial charge in [-0.1, -0.05) is 0 Å². The third-order valence-electron chi connectivity index (χ3n) is 0.0630. The molecule has 32 valence electrons. The second kappa shape index (κ2) is 8.87. The van der Waals surface area contributed by atoms with Crippen molar-refractivity contribution in [1.82, 2.24) is 0 Å². The zero-order chi connectivity index (χ0) is 3.41. The predicted molar refractivity (Wildman–Crippen MR) is 24.0 cm³/mol. The van der Waals surface area contributed by atoms with E-state index in [1.54, 1.807) is 0 Å². The number of halogens is 2. The van der Waals surface area contributed by atoms with Crippen LogP contribution in [0.4, 0.5) is 0 Å². The Hall–Kier alpha value is 0.250. The van der Waals surface area contributed by atoms with E-state index in [9.17, 15) is 0 Å². The summed E-state index contributed by atoms with van der Waals surface area (Å²) in [6.45, 7) is 0. The summed E-state index contributed by atoms with van der Waals surface area (Å²) in [6.07, 6.45) is 0.640. The summed E-state index contributed by atoms with van der Waals surface area (Å²) >= 11 is 4.82. The van der Waals surface area contributed by atoms with Crippen molar-refractivity contribution in [3.8, 4) is 0 Å². The lowest BCUT2D eigenvalue weighted by molar-refractivity contribution is -0.105. The first-order valence-corrected chi connectivity index (χ1v) is 1.45. The summed E-state index contributed by atoms with van der Waals surface area (Å²) in [5.74, 6) is 0.111. The lowest BCUT2D eigenvalue weighted by atomic mass is 10.9. The highest BCUT2D eigenvalue weighted by Gasteiger charge is 1.55. The van der Waals surface area contributed by atoms with Crippen LogP contribution >= 0.6 is 24.0 Å². The fraction of sp³-hybridized carbons (Fsp3) is 0.500. The van der Waals surface area contributed by atoms with Crippen molar-refractivity contribution >= 4 is 30.3 Å². The number of rotatable bonds is 1. The summed E-state index contributed by atoms with van der Waals surface area (Å²) in [5, 5.41) is 0. The molecular formula is C2H4Cl2O. The summed E-state index contributed by atoms with van der Waals surface area (Å²) in [5.41, 5.74) is 0. The second-order valence-electron chi connectivity index (χ2n) is 0.321. The molecule has 0 amide bonds. The molecule has 0 aliphatic carbocycles. The van der Waals surface area contributed by atoms with Crippen LogP contribution in [-0.2, 0) is 4.79 Å². The van der Waals surface area contributed by atoms with Crippen LogP contribution in [0.1, 0.15) is 0 Å². The van der Waals surface area contributed by atoms with Gasteiger partial charge in [0.05, 0.1) is 5.88 Å². The van der Waals surface area contributed by atoms with Gasteiger partial charge in [0, 0.05) is 0 Å². The smallest absolute Gasteiger partial charge is 0.134 e. The van der Waals surface area contributed by atoms with Crippen LogP contribution in [0, 0.1) is 0 Å². The largest absolute Gasteiger partial charge is 0.302 e. The van der Waals surface area contributed by atoms with E-state index in [1.807, 2.05) is 0 Å². The molecule has 3 heteroatoms. The molecule has 0 heterocycles. The Morgan fingerprint density at radius 1 is 1.80 bits per heavy atom. The molecule has 0 aromatic heterocycles. The number of carbonyl (C=O) groups is 1. The molecule has 0 fully saturated rings. The molecule has 1 nitrogen and oxygen atoms in total. The normalized spacial score (nSPS) is 5.00. The minimum Gasteiger partial charge on any atom is -0.302 e. The summed E-state index contributed by atoms with van der Waals surface area (Å²) in [4.78, 5) is 9.04. The van der Waals surface area contributed by atoms with E-state index in [0.29, 0.717) is 6.29 Å². The highest BCUT2D eigenvalue weighted by Crippen LogP contribution is 1.57. The summed E-state index contributed by atoms with van der Waals surface area (Å²) in [6, 6.07) is 0. The van der Waals surface area contributed by atoms with Gasteiger partial charge in [-0.15, -0.1) is 24.0 Å². The zero-order valence-electron chi connectivity index (χ0n) is 2.48. The van der Waals surface area contributed by atoms with Crippen molar-refractivity contribution < 1.29 is 4.79 Å². The van der Waals surface area contributed by atoms with Crippen molar-refractivity contribution in [2.45, 2.75) is 0 Å². The maximum absolute atomic E-state index is 9.04. The van der Waals surface area contributed by atoms with Gasteiger partial charge in [-0.3, -0.25) is 0 Å². The van der Waals surface area contributed by atoms with Crippen LogP contribution in [0.3, 0.4) is 0 Å². The molecule has 0 aromatic carbocycles. The van der Waals surface area contributed by atoms with Crippen LogP contribution < -0.4 is 0 Å². The van der Waals surface area contributed by atoms with Crippen LogP contribution in [0.15, 0.2) is 0 Å². The second-order valence-corrected chi connectivity index (χ2v) is 0.630. The molecule has 0 atom stereocenters. The lowest BCUT2D eigenvalue weighted by Crippen LogP contribution is -1.63. The SMILES string of the molecule is Cl.O=CCCl. The summed E-state index contributed by atoms with van der Waals surface area (Å²) in [7, 11) is 0. The van der Waals surface area contributed by atoms with E-state index in [-0.39, 0.29) is 18.3 Å². The molecule has 5 heavy (non-hydrogen) atoms. The first-order chi connectivity index (χ1) is 1.91. The number of alkyl halides is 1. The molecule has 0 spiro atoms. The zero-order valence-corrected chi connectivity index (χ0v) is 4.05. The van der Waals surface area contributed by atoms with E-state index in [2.05, 4.69) is 0 Å². The molecule has 0 rings (SSSR count). The van der Waals surface area contributed by atoms with Crippen molar-refractivity contribution in [1.29, 1.82) is 0 Å². The van der Waals surface area contributed by atoms with Gasteiger partial charge in [0.2, 0.25) is 0 Å². The molecule has 0 unspecified atom stereocenters. The van der Waals surface area contributed by atoms with E-state index in [1.165, 1.54) is 0 Å². The molecule has 0 N–H and O–H groups in total. The Kier molecular flexibility index (Phi) is 15.9. The quantitative estimate of drug-likeness (QED) is 0.365. The summed E-state index contributed by atoms with van der Waals surface area (Å²) < 4.78 is 0. The molecule has 0 aliphatic rings. The minimum atomic E-state index is 0. The van der Waals surface area contributed by atoms with Gasteiger partial charge in [-0.25, -0.2) is 0 Å². The van der Waals surface area contributed by atoms with E-state index >= 15 is 0 Å². The van der Waals surface area contributed by atoms with E-state index in [4.69, 9.17) is 16.4 Å². The molecule has 0 aromatic rings. The maximum atomic E-state index is 9.04. The monoisotopic (exact) mass is 114 g/mol. The standard InChI is InChI=1S/C2H3ClO.ClH/c3-1-2-4;/h2H,1H2;1H. The Morgan fingerprint density at radius 2 is 2.00 bits per heavy atom. The van der Waals surface area contributed by atoms with Crippen molar-refractivity contribution in [2.75, 3.05) is 5.88 Å². The van der Waals surface area contributed by atoms with Gasteiger partial charge < -0.3 is 4.79 Å². The van der Waals surface area contributed by atoms with Gasteiger partial charge in [-0.05, 0) is 0 Å². The van der Waals surface area contributed by atoms with Crippen molar-refractivity contribution in [3.63, 3.8) is 0 Å². The highest BCUT2D eigenvalue weighted by molar-refractivity contribution is 6.24. The molecule has 0 radical (unpaired) electrons. The van der Waals surface area contributed by atoms with Crippen LogP contribution in [0.25, 0.3) is 0 Å². The average molecular weight is 115 g/mol. The van der Waals surface area contributed by atoms with Crippen LogP contribution in [0.5, 0.6) is 0 Å². The minimum absolute atomic E-state index is 0. The van der Waals surface area contributed by atoms with Gasteiger partial charge in [-0.2, -0.15) is 0 Å². The number of carbonyl (C=O) groups excluding carboxylic acids is 1. The molecule has 0 saturated heterocycles. The fourth-order valence-electron chi connectivity index (χ4n) is 0. The van der Waals surface area contributed by atoms with Crippen molar-refractivity contribution in [3.05, 3.63) is 0 Å². The third kappa shape index (κ3) is 13.8. The highest BCUT2D eigenvalue weighted by atomic mass is 35.5. The lowest BCUT2D eigenvalue weighted by Gasteiger charge is -1.49. The first-order valence-electron chi connectivity index (χ1n) is 0.911. The molecular weight excluding hydrogens is 111 g/mol. The number of aldehydes is 1. The molecule has 0 bridgehead atoms. The molecule has 0 aliphatic heterocycles. The predicted octanol–water partition coefficient (Wildman–Crippen LogP) is 0.846. The first kappa shape index (κ1) is 8.98. The fourth-order valence-corrected chi connectivity index (χ4v) is 0. The average Bonchev–Trinajstić information content (AvgIpc) is 1.37. The van der Waals surface area contributed by atoms with Gasteiger partial charge in [0.25, 0.3) is 0 Å².